The summed E-state index contributed by atoms with van der Waals surface area (Å²) in [4.78, 5) is 11.6. The van der Waals surface area contributed by atoms with Crippen molar-refractivity contribution >= 4 is 33.0 Å². The molecule has 0 spiro atoms. The van der Waals surface area contributed by atoms with Crippen LogP contribution in [-0.4, -0.2) is 28.5 Å². The van der Waals surface area contributed by atoms with Gasteiger partial charge in [-0.25, -0.2) is 13.2 Å². The Kier molecular flexibility index (Phi) is 4.34. The average molecular weight is 325 g/mol. The van der Waals surface area contributed by atoms with Crippen molar-refractivity contribution in [1.29, 1.82) is 0 Å². The third kappa shape index (κ3) is 2.93. The number of benzene rings is 1. The molecule has 5 nitrogen and oxygen atoms in total. The molecule has 0 aliphatic heterocycles. The number of nitrogens with zero attached hydrogens (tertiary/aromatic N) is 1. The molecular weight excluding hydrogens is 310 g/mol. The summed E-state index contributed by atoms with van der Waals surface area (Å²) in [7, 11) is -0.864. The van der Waals surface area contributed by atoms with Crippen molar-refractivity contribution < 1.29 is 17.9 Å². The van der Waals surface area contributed by atoms with Crippen LogP contribution >= 0.6 is 11.3 Å². The van der Waals surface area contributed by atoms with E-state index in [0.717, 1.165) is 16.9 Å². The van der Waals surface area contributed by atoms with E-state index in [0.29, 0.717) is 11.3 Å². The predicted molar refractivity (Wildman–Crippen MR) is 82.4 cm³/mol. The summed E-state index contributed by atoms with van der Waals surface area (Å²) in [6.45, 7) is 1.79. The van der Waals surface area contributed by atoms with E-state index in [4.69, 9.17) is 0 Å². The van der Waals surface area contributed by atoms with E-state index in [1.165, 1.54) is 24.5 Å². The molecule has 0 saturated heterocycles. The van der Waals surface area contributed by atoms with Gasteiger partial charge in [-0.15, -0.1) is 11.3 Å². The van der Waals surface area contributed by atoms with Gasteiger partial charge >= 0.3 is 5.97 Å². The highest BCUT2D eigenvalue weighted by atomic mass is 32.2. The average Bonchev–Trinajstić information content (AvgIpc) is 3.01. The normalized spacial score (nSPS) is 11.2. The Labute approximate surface area is 127 Å². The second kappa shape index (κ2) is 5.87. The Balaban J connectivity index is 2.48. The molecule has 0 unspecified atom stereocenters. The number of rotatable bonds is 4. The van der Waals surface area contributed by atoms with Gasteiger partial charge in [-0.2, -0.15) is 0 Å². The van der Waals surface area contributed by atoms with Crippen LogP contribution in [0.4, 0.5) is 5.69 Å². The van der Waals surface area contributed by atoms with E-state index in [9.17, 15) is 13.2 Å². The highest BCUT2D eigenvalue weighted by molar-refractivity contribution is 7.94. The van der Waals surface area contributed by atoms with Crippen molar-refractivity contribution in [1.82, 2.24) is 0 Å². The second-order valence-electron chi connectivity index (χ2n) is 4.40. The topological polar surface area (TPSA) is 63.7 Å². The van der Waals surface area contributed by atoms with Gasteiger partial charge in [0.05, 0.1) is 18.4 Å². The fourth-order valence-electron chi connectivity index (χ4n) is 1.87. The molecule has 0 saturated carbocycles. The van der Waals surface area contributed by atoms with Gasteiger partial charge in [-0.1, -0.05) is 12.1 Å². The molecule has 0 amide bonds. The number of carbonyl (C=O) groups is 1. The molecule has 0 aliphatic carbocycles. The number of hydrogen-bond acceptors (Lipinski definition) is 5. The predicted octanol–water partition coefficient (Wildman–Crippen LogP) is 2.67. The van der Waals surface area contributed by atoms with Crippen molar-refractivity contribution in [2.45, 2.75) is 11.1 Å². The molecule has 2 rings (SSSR count). The monoisotopic (exact) mass is 325 g/mol. The van der Waals surface area contributed by atoms with Crippen molar-refractivity contribution in [3.8, 4) is 0 Å². The molecule has 1 heterocycles. The highest BCUT2D eigenvalue weighted by Gasteiger charge is 2.24. The van der Waals surface area contributed by atoms with Crippen LogP contribution in [0.5, 0.6) is 0 Å². The van der Waals surface area contributed by atoms with Crippen LogP contribution in [0.1, 0.15) is 15.9 Å². The lowest BCUT2D eigenvalue weighted by Crippen LogP contribution is -2.26. The van der Waals surface area contributed by atoms with Crippen LogP contribution in [-0.2, 0) is 14.8 Å². The van der Waals surface area contributed by atoms with Crippen LogP contribution in [0.25, 0.3) is 0 Å². The van der Waals surface area contributed by atoms with Gasteiger partial charge in [0, 0.05) is 7.05 Å². The number of hydrogen-bond donors (Lipinski definition) is 0. The molecule has 1 aromatic heterocycles. The first kappa shape index (κ1) is 15.5. The van der Waals surface area contributed by atoms with E-state index >= 15 is 0 Å². The van der Waals surface area contributed by atoms with E-state index < -0.39 is 16.0 Å². The Morgan fingerprint density at radius 2 is 2.00 bits per heavy atom. The Morgan fingerprint density at radius 1 is 1.29 bits per heavy atom. The first-order valence-electron chi connectivity index (χ1n) is 6.09. The second-order valence-corrected chi connectivity index (χ2v) is 7.54. The fraction of sp³-hybridized carbons (Fsp3) is 0.214. The zero-order valence-corrected chi connectivity index (χ0v) is 13.5. The summed E-state index contributed by atoms with van der Waals surface area (Å²) in [6, 6.07) is 8.06. The largest absolute Gasteiger partial charge is 0.465 e. The lowest BCUT2D eigenvalue weighted by molar-refractivity contribution is 0.0601. The minimum atomic E-state index is -3.62. The smallest absolute Gasteiger partial charge is 0.337 e. The van der Waals surface area contributed by atoms with Gasteiger partial charge in [-0.05, 0) is 36.1 Å². The summed E-state index contributed by atoms with van der Waals surface area (Å²) in [5, 5.41) is 1.71. The minimum Gasteiger partial charge on any atom is -0.465 e. The van der Waals surface area contributed by atoms with Crippen molar-refractivity contribution in [3.63, 3.8) is 0 Å². The molecule has 2 aromatic rings. The summed E-state index contributed by atoms with van der Waals surface area (Å²) in [6.07, 6.45) is 0. The van der Waals surface area contributed by atoms with Crippen LogP contribution < -0.4 is 4.31 Å². The van der Waals surface area contributed by atoms with Gasteiger partial charge in [0.25, 0.3) is 10.0 Å². The molecule has 1 aromatic carbocycles. The molecule has 7 heteroatoms. The van der Waals surface area contributed by atoms with Crippen molar-refractivity contribution in [3.05, 3.63) is 46.8 Å². The molecule has 0 N–H and O–H groups in total. The number of methoxy groups -OCH3 is 1. The molecule has 0 bridgehead atoms. The van der Waals surface area contributed by atoms with Crippen LogP contribution in [0.2, 0.25) is 0 Å². The SMILES string of the molecule is COC(=O)c1ccc(C)c(N(C)S(=O)(=O)c2cccs2)c1. The molecule has 0 fully saturated rings. The van der Waals surface area contributed by atoms with Gasteiger partial charge in [0.2, 0.25) is 0 Å². The maximum absolute atomic E-state index is 12.5. The highest BCUT2D eigenvalue weighted by Crippen LogP contribution is 2.28. The summed E-state index contributed by atoms with van der Waals surface area (Å²) >= 11 is 1.15. The molecule has 0 radical (unpaired) electrons. The quantitative estimate of drug-likeness (QED) is 0.811. The van der Waals surface area contributed by atoms with Crippen LogP contribution in [0, 0.1) is 6.92 Å². The lowest BCUT2D eigenvalue weighted by atomic mass is 10.1. The summed E-state index contributed by atoms with van der Waals surface area (Å²) in [5.41, 5.74) is 1.52. The summed E-state index contributed by atoms with van der Waals surface area (Å²) < 4.78 is 31.1. The molecule has 112 valence electrons. The van der Waals surface area contributed by atoms with E-state index in [1.807, 2.05) is 0 Å². The first-order valence-corrected chi connectivity index (χ1v) is 8.41. The third-order valence-electron chi connectivity index (χ3n) is 3.08. The Bertz CT molecular complexity index is 751. The molecule has 0 aliphatic rings. The zero-order valence-electron chi connectivity index (χ0n) is 11.9. The van der Waals surface area contributed by atoms with E-state index in [1.54, 1.807) is 36.6 Å². The number of carbonyl (C=O) groups excluding carboxylic acids is 1. The Hall–Kier alpha value is -1.86. The molecule has 0 atom stereocenters. The zero-order chi connectivity index (χ0) is 15.6. The van der Waals surface area contributed by atoms with Crippen LogP contribution in [0.15, 0.2) is 39.9 Å². The number of anilines is 1. The number of esters is 1. The van der Waals surface area contributed by atoms with E-state index in [2.05, 4.69) is 4.74 Å². The number of ether oxygens (including phenoxy) is 1. The first-order chi connectivity index (χ1) is 9.87. The van der Waals surface area contributed by atoms with Gasteiger partial charge in [0.15, 0.2) is 0 Å². The minimum absolute atomic E-state index is 0.257. The fourth-order valence-corrected chi connectivity index (χ4v) is 4.28. The number of thiophene rings is 1. The Morgan fingerprint density at radius 3 is 2.57 bits per heavy atom. The molecular formula is C14H15NO4S2. The third-order valence-corrected chi connectivity index (χ3v) is 6.22. The molecule has 21 heavy (non-hydrogen) atoms. The van der Waals surface area contributed by atoms with Crippen LogP contribution in [0.3, 0.4) is 0 Å². The number of sulfonamides is 1. The maximum Gasteiger partial charge on any atom is 0.337 e. The van der Waals surface area contributed by atoms with Crippen molar-refractivity contribution in [2.75, 3.05) is 18.5 Å². The summed E-state index contributed by atoms with van der Waals surface area (Å²) in [5.74, 6) is -0.502. The van der Waals surface area contributed by atoms with Gasteiger partial charge in [0.1, 0.15) is 4.21 Å². The standard InChI is InChI=1S/C14H15NO4S2/c1-10-6-7-11(14(16)19-3)9-12(10)15(2)21(17,18)13-5-4-8-20-13/h4-9H,1-3H3. The van der Waals surface area contributed by atoms with Gasteiger partial charge in [-0.3, -0.25) is 4.31 Å². The van der Waals surface area contributed by atoms with Crippen molar-refractivity contribution in [2.24, 2.45) is 0 Å². The number of aryl methyl sites for hydroxylation is 1. The van der Waals surface area contributed by atoms with E-state index in [-0.39, 0.29) is 4.21 Å². The lowest BCUT2D eigenvalue weighted by Gasteiger charge is -2.21. The van der Waals surface area contributed by atoms with Gasteiger partial charge < -0.3 is 4.74 Å². The maximum atomic E-state index is 12.5.